The van der Waals surface area contributed by atoms with Crippen molar-refractivity contribution in [2.75, 3.05) is 40.5 Å². The largest absolute Gasteiger partial charge is 0.496 e. The molecule has 146 valence electrons. The average Bonchev–Trinajstić information content (AvgIpc) is 2.73. The van der Waals surface area contributed by atoms with Gasteiger partial charge in [0, 0.05) is 32.2 Å². The summed E-state index contributed by atoms with van der Waals surface area (Å²) in [5, 5.41) is 0. The SMILES string of the molecule is COc1ccccc1CN(C)C(=O)C1CC=CCC1C(=O)N1CCOCC1. The zero-order valence-electron chi connectivity index (χ0n) is 16.1. The fourth-order valence-corrected chi connectivity index (χ4v) is 3.83. The van der Waals surface area contributed by atoms with Crippen LogP contribution in [0.1, 0.15) is 18.4 Å². The molecule has 6 nitrogen and oxygen atoms in total. The van der Waals surface area contributed by atoms with Crippen molar-refractivity contribution < 1.29 is 19.1 Å². The van der Waals surface area contributed by atoms with Gasteiger partial charge in [-0.05, 0) is 18.9 Å². The standard InChI is InChI=1S/C21H28N2O4/c1-22(15-16-7-3-6-10-19(16)26-2)20(24)17-8-4-5-9-18(17)21(25)23-11-13-27-14-12-23/h3-7,10,17-18H,8-9,11-15H2,1-2H3. The Balaban J connectivity index is 1.70. The van der Waals surface area contributed by atoms with Crippen LogP contribution < -0.4 is 4.74 Å². The lowest BCUT2D eigenvalue weighted by Gasteiger charge is -2.35. The fraction of sp³-hybridized carbons (Fsp3) is 0.524. The van der Waals surface area contributed by atoms with Crippen molar-refractivity contribution in [3.8, 4) is 5.75 Å². The molecule has 1 saturated heterocycles. The van der Waals surface area contributed by atoms with Crippen LogP contribution in [0.5, 0.6) is 5.75 Å². The van der Waals surface area contributed by atoms with E-state index in [0.717, 1.165) is 11.3 Å². The highest BCUT2D eigenvalue weighted by Gasteiger charge is 2.38. The summed E-state index contributed by atoms with van der Waals surface area (Å²) < 4.78 is 10.7. The number of ether oxygens (including phenoxy) is 2. The zero-order valence-corrected chi connectivity index (χ0v) is 16.1. The summed E-state index contributed by atoms with van der Waals surface area (Å²) in [5.74, 6) is 0.246. The van der Waals surface area contributed by atoms with Crippen LogP contribution in [0.25, 0.3) is 0 Å². The van der Waals surface area contributed by atoms with Crippen LogP contribution in [0.3, 0.4) is 0 Å². The van der Waals surface area contributed by atoms with Gasteiger partial charge < -0.3 is 19.3 Å². The minimum atomic E-state index is -0.315. The maximum atomic E-state index is 13.2. The van der Waals surface area contributed by atoms with Gasteiger partial charge in [0.1, 0.15) is 5.75 Å². The number of amides is 2. The Kier molecular flexibility index (Phi) is 6.50. The number of hydrogen-bond donors (Lipinski definition) is 0. The van der Waals surface area contributed by atoms with Crippen molar-refractivity contribution in [1.82, 2.24) is 9.80 Å². The number of hydrogen-bond acceptors (Lipinski definition) is 4. The molecule has 0 N–H and O–H groups in total. The molecule has 6 heteroatoms. The van der Waals surface area contributed by atoms with E-state index in [9.17, 15) is 9.59 Å². The molecule has 2 aliphatic rings. The van der Waals surface area contributed by atoms with E-state index < -0.39 is 0 Å². The number of nitrogens with zero attached hydrogens (tertiary/aromatic N) is 2. The smallest absolute Gasteiger partial charge is 0.226 e. The van der Waals surface area contributed by atoms with Crippen molar-refractivity contribution in [3.05, 3.63) is 42.0 Å². The minimum Gasteiger partial charge on any atom is -0.496 e. The highest BCUT2D eigenvalue weighted by atomic mass is 16.5. The third-order valence-electron chi connectivity index (χ3n) is 5.37. The van der Waals surface area contributed by atoms with Gasteiger partial charge in [-0.3, -0.25) is 9.59 Å². The summed E-state index contributed by atoms with van der Waals surface area (Å²) in [6, 6.07) is 7.69. The third kappa shape index (κ3) is 4.50. The van der Waals surface area contributed by atoms with E-state index in [4.69, 9.17) is 9.47 Å². The minimum absolute atomic E-state index is 0.0110. The van der Waals surface area contributed by atoms with Gasteiger partial charge in [0.25, 0.3) is 0 Å². The lowest BCUT2D eigenvalue weighted by Crippen LogP contribution is -2.48. The number of methoxy groups -OCH3 is 1. The molecule has 1 aromatic rings. The first-order valence-electron chi connectivity index (χ1n) is 9.50. The molecule has 2 unspecified atom stereocenters. The molecule has 2 amide bonds. The van der Waals surface area contributed by atoms with E-state index in [1.807, 2.05) is 41.3 Å². The van der Waals surface area contributed by atoms with Gasteiger partial charge in [-0.1, -0.05) is 30.4 Å². The normalized spacial score (nSPS) is 22.4. The Hall–Kier alpha value is -2.34. The number of rotatable bonds is 5. The van der Waals surface area contributed by atoms with Crippen molar-refractivity contribution in [2.24, 2.45) is 11.8 Å². The van der Waals surface area contributed by atoms with Crippen LogP contribution in [0.2, 0.25) is 0 Å². The molecule has 0 radical (unpaired) electrons. The lowest BCUT2D eigenvalue weighted by atomic mass is 9.81. The summed E-state index contributed by atoms with van der Waals surface area (Å²) in [6.45, 7) is 2.82. The Bertz CT molecular complexity index is 697. The third-order valence-corrected chi connectivity index (χ3v) is 5.37. The fourth-order valence-electron chi connectivity index (χ4n) is 3.83. The van der Waals surface area contributed by atoms with Crippen LogP contribution in [-0.4, -0.2) is 62.1 Å². The van der Waals surface area contributed by atoms with Gasteiger partial charge >= 0.3 is 0 Å². The molecule has 1 aliphatic heterocycles. The van der Waals surface area contributed by atoms with Crippen LogP contribution in [0, 0.1) is 11.8 Å². The van der Waals surface area contributed by atoms with E-state index in [1.165, 1.54) is 0 Å². The molecule has 2 atom stereocenters. The van der Waals surface area contributed by atoms with E-state index in [-0.39, 0.29) is 23.7 Å². The Morgan fingerprint density at radius 3 is 2.52 bits per heavy atom. The van der Waals surface area contributed by atoms with Crippen molar-refractivity contribution in [2.45, 2.75) is 19.4 Å². The highest BCUT2D eigenvalue weighted by Crippen LogP contribution is 2.30. The average molecular weight is 372 g/mol. The van der Waals surface area contributed by atoms with Gasteiger partial charge in [-0.15, -0.1) is 0 Å². The molecule has 1 fully saturated rings. The molecule has 0 saturated carbocycles. The van der Waals surface area contributed by atoms with Gasteiger partial charge in [0.2, 0.25) is 11.8 Å². The summed E-state index contributed by atoms with van der Waals surface area (Å²) in [5.41, 5.74) is 0.957. The van der Waals surface area contributed by atoms with Crippen LogP contribution in [0.4, 0.5) is 0 Å². The van der Waals surface area contributed by atoms with E-state index in [1.54, 1.807) is 19.1 Å². The number of allylic oxidation sites excluding steroid dienone is 2. The van der Waals surface area contributed by atoms with Crippen molar-refractivity contribution in [1.29, 1.82) is 0 Å². The Morgan fingerprint density at radius 1 is 1.15 bits per heavy atom. The molecule has 1 aliphatic carbocycles. The molecule has 1 aromatic carbocycles. The second-order valence-electron chi connectivity index (χ2n) is 7.10. The van der Waals surface area contributed by atoms with Crippen molar-refractivity contribution >= 4 is 11.8 Å². The summed E-state index contributed by atoms with van der Waals surface area (Å²) in [4.78, 5) is 29.7. The number of para-hydroxylation sites is 1. The molecular formula is C21H28N2O4. The maximum absolute atomic E-state index is 13.2. The molecule has 0 bridgehead atoms. The van der Waals surface area contributed by atoms with Gasteiger partial charge in [0.15, 0.2) is 0 Å². The summed E-state index contributed by atoms with van der Waals surface area (Å²) in [7, 11) is 3.42. The number of carbonyl (C=O) groups excluding carboxylic acids is 2. The van der Waals surface area contributed by atoms with Crippen LogP contribution >= 0.6 is 0 Å². The lowest BCUT2D eigenvalue weighted by molar-refractivity contribution is -0.148. The Labute approximate surface area is 160 Å². The molecule has 3 rings (SSSR count). The van der Waals surface area contributed by atoms with Crippen LogP contribution in [-0.2, 0) is 20.9 Å². The second-order valence-corrected chi connectivity index (χ2v) is 7.10. The summed E-state index contributed by atoms with van der Waals surface area (Å²) in [6.07, 6.45) is 5.26. The first-order chi connectivity index (χ1) is 13.1. The maximum Gasteiger partial charge on any atom is 0.226 e. The zero-order chi connectivity index (χ0) is 19.2. The number of carbonyl (C=O) groups is 2. The van der Waals surface area contributed by atoms with Gasteiger partial charge in [0.05, 0.1) is 32.2 Å². The first kappa shape index (κ1) is 19.4. The first-order valence-corrected chi connectivity index (χ1v) is 9.50. The highest BCUT2D eigenvalue weighted by molar-refractivity contribution is 5.88. The quantitative estimate of drug-likeness (QED) is 0.743. The molecule has 27 heavy (non-hydrogen) atoms. The molecule has 1 heterocycles. The molecule has 0 aromatic heterocycles. The Morgan fingerprint density at radius 2 is 1.81 bits per heavy atom. The topological polar surface area (TPSA) is 59.1 Å². The molecule has 0 spiro atoms. The second kappa shape index (κ2) is 9.04. The van der Waals surface area contributed by atoms with Crippen molar-refractivity contribution in [3.63, 3.8) is 0 Å². The summed E-state index contributed by atoms with van der Waals surface area (Å²) >= 11 is 0. The number of benzene rings is 1. The van der Waals surface area contributed by atoms with E-state index in [0.29, 0.717) is 45.7 Å². The van der Waals surface area contributed by atoms with E-state index >= 15 is 0 Å². The predicted molar refractivity (Wildman–Crippen MR) is 102 cm³/mol. The molecular weight excluding hydrogens is 344 g/mol. The monoisotopic (exact) mass is 372 g/mol. The van der Waals surface area contributed by atoms with Crippen LogP contribution in [0.15, 0.2) is 36.4 Å². The van der Waals surface area contributed by atoms with Gasteiger partial charge in [-0.25, -0.2) is 0 Å². The number of morpholine rings is 1. The van der Waals surface area contributed by atoms with E-state index in [2.05, 4.69) is 0 Å². The predicted octanol–water partition coefficient (Wildman–Crippen LogP) is 2.09. The van der Waals surface area contributed by atoms with Gasteiger partial charge in [-0.2, -0.15) is 0 Å².